The van der Waals surface area contributed by atoms with Gasteiger partial charge in [-0.05, 0) is 51.2 Å². The highest BCUT2D eigenvalue weighted by Gasteiger charge is 2.20. The topological polar surface area (TPSA) is 83.1 Å². The lowest BCUT2D eigenvalue weighted by atomic mass is 9.92. The minimum absolute atomic E-state index is 0.155. The number of rotatable bonds is 7. The van der Waals surface area contributed by atoms with Gasteiger partial charge in [-0.2, -0.15) is 0 Å². The minimum atomic E-state index is -0.155. The third-order valence-corrected chi connectivity index (χ3v) is 5.34. The first-order chi connectivity index (χ1) is 13.6. The van der Waals surface area contributed by atoms with Gasteiger partial charge in [0.05, 0.1) is 25.1 Å². The molecule has 0 bridgehead atoms. The number of hydrogen-bond donors (Lipinski definition) is 3. The number of ether oxygens (including phenoxy) is 1. The van der Waals surface area contributed by atoms with Gasteiger partial charge in [0.15, 0.2) is 11.6 Å². The summed E-state index contributed by atoms with van der Waals surface area (Å²) < 4.78 is 5.66. The van der Waals surface area contributed by atoms with E-state index in [9.17, 15) is 5.11 Å². The Morgan fingerprint density at radius 2 is 2.00 bits per heavy atom. The second-order valence-corrected chi connectivity index (χ2v) is 7.29. The Labute approximate surface area is 166 Å². The predicted molar refractivity (Wildman–Crippen MR) is 111 cm³/mol. The summed E-state index contributed by atoms with van der Waals surface area (Å²) in [6.45, 7) is 4.28. The molecule has 1 fully saturated rings. The fourth-order valence-electron chi connectivity index (χ4n) is 3.40. The molecule has 6 heteroatoms. The average Bonchev–Trinajstić information content (AvgIpc) is 3.22. The first-order valence-corrected chi connectivity index (χ1v) is 9.96. The molecule has 150 valence electrons. The number of imidazole rings is 1. The van der Waals surface area contributed by atoms with Crippen molar-refractivity contribution in [2.24, 2.45) is 0 Å². The van der Waals surface area contributed by atoms with Gasteiger partial charge in [0.1, 0.15) is 0 Å². The van der Waals surface area contributed by atoms with Crippen molar-refractivity contribution in [3.63, 3.8) is 0 Å². The van der Waals surface area contributed by atoms with Crippen LogP contribution in [0.5, 0.6) is 0 Å². The maximum absolute atomic E-state index is 9.76. The zero-order chi connectivity index (χ0) is 19.9. The second-order valence-electron chi connectivity index (χ2n) is 7.29. The van der Waals surface area contributed by atoms with Gasteiger partial charge in [-0.25, -0.2) is 4.98 Å². The Kier molecular flexibility index (Phi) is 6.87. The standard InChI is InChI=1S/C22H30N4O2/c1-4-15(2)19(25-17-5-7-18(27)8-6-17)13-21(28-3)22-24-14-20(26-22)16-9-11-23-12-10-16/h9-14,17-18,25,27H,4-8H2,1-3H3,(H,24,26)/b19-15-,21-13+. The number of hydrogen-bond acceptors (Lipinski definition) is 5. The van der Waals surface area contributed by atoms with Crippen LogP contribution in [0.1, 0.15) is 51.8 Å². The molecule has 0 aromatic carbocycles. The van der Waals surface area contributed by atoms with Crippen LogP contribution in [0.15, 0.2) is 48.1 Å². The molecule has 0 saturated heterocycles. The number of nitrogens with one attached hydrogen (secondary N) is 2. The Bertz CT molecular complexity index is 818. The van der Waals surface area contributed by atoms with Gasteiger partial charge in [-0.15, -0.1) is 0 Å². The molecule has 3 rings (SSSR count). The fourth-order valence-corrected chi connectivity index (χ4v) is 3.40. The maximum atomic E-state index is 9.76. The molecule has 3 N–H and O–H groups in total. The number of nitrogens with zero attached hydrogens (tertiary/aromatic N) is 2. The molecule has 1 saturated carbocycles. The molecule has 28 heavy (non-hydrogen) atoms. The van der Waals surface area contributed by atoms with Crippen LogP contribution < -0.4 is 5.32 Å². The van der Waals surface area contributed by atoms with Crippen LogP contribution in [0.25, 0.3) is 17.0 Å². The van der Waals surface area contributed by atoms with Crippen molar-refractivity contribution in [1.82, 2.24) is 20.3 Å². The number of aliphatic hydroxyl groups is 1. The summed E-state index contributed by atoms with van der Waals surface area (Å²) in [5.41, 5.74) is 4.29. The van der Waals surface area contributed by atoms with Crippen molar-refractivity contribution in [2.75, 3.05) is 7.11 Å². The number of aromatic nitrogens is 3. The summed E-state index contributed by atoms with van der Waals surface area (Å²) in [6.07, 6.45) is 11.8. The highest BCUT2D eigenvalue weighted by molar-refractivity contribution is 5.63. The first-order valence-electron chi connectivity index (χ1n) is 9.96. The molecule has 0 atom stereocenters. The third kappa shape index (κ3) is 5.01. The van der Waals surface area contributed by atoms with E-state index in [4.69, 9.17) is 4.74 Å². The summed E-state index contributed by atoms with van der Waals surface area (Å²) >= 11 is 0. The monoisotopic (exact) mass is 382 g/mol. The number of pyridine rings is 1. The third-order valence-electron chi connectivity index (χ3n) is 5.34. The van der Waals surface area contributed by atoms with Crippen molar-refractivity contribution in [2.45, 2.75) is 58.1 Å². The normalized spacial score (nSPS) is 21.2. The zero-order valence-corrected chi connectivity index (χ0v) is 16.9. The smallest absolute Gasteiger partial charge is 0.173 e. The van der Waals surface area contributed by atoms with Crippen LogP contribution in [0.3, 0.4) is 0 Å². The van der Waals surface area contributed by atoms with E-state index < -0.39 is 0 Å². The summed E-state index contributed by atoms with van der Waals surface area (Å²) in [5, 5.41) is 13.4. The quantitative estimate of drug-likeness (QED) is 0.497. The van der Waals surface area contributed by atoms with Crippen molar-refractivity contribution in [3.05, 3.63) is 53.9 Å². The lowest BCUT2D eigenvalue weighted by Crippen LogP contribution is -2.34. The van der Waals surface area contributed by atoms with Gasteiger partial charge >= 0.3 is 0 Å². The zero-order valence-electron chi connectivity index (χ0n) is 16.9. The Balaban J connectivity index is 1.83. The van der Waals surface area contributed by atoms with Gasteiger partial charge in [0, 0.05) is 35.8 Å². The first kappa shape index (κ1) is 20.1. The van der Waals surface area contributed by atoms with E-state index in [0.29, 0.717) is 17.6 Å². The molecule has 6 nitrogen and oxygen atoms in total. The number of H-pyrrole nitrogens is 1. The SMILES string of the molecule is CC/C(C)=C(/C=C(/OC)c1ncc(-c2ccncc2)[nH]1)NC1CCC(O)CC1. The van der Waals surface area contributed by atoms with Gasteiger partial charge in [0.2, 0.25) is 0 Å². The van der Waals surface area contributed by atoms with E-state index in [1.807, 2.05) is 24.4 Å². The van der Waals surface area contributed by atoms with E-state index in [1.165, 1.54) is 5.57 Å². The van der Waals surface area contributed by atoms with Crippen molar-refractivity contribution in [3.8, 4) is 11.3 Å². The van der Waals surface area contributed by atoms with E-state index in [-0.39, 0.29) is 6.10 Å². The summed E-state index contributed by atoms with van der Waals surface area (Å²) in [7, 11) is 1.66. The predicted octanol–water partition coefficient (Wildman–Crippen LogP) is 4.04. The molecular weight excluding hydrogens is 352 g/mol. The van der Waals surface area contributed by atoms with Crippen LogP contribution in [-0.4, -0.2) is 39.3 Å². The number of aromatic amines is 1. The molecule has 1 aliphatic carbocycles. The molecule has 2 aromatic rings. The van der Waals surface area contributed by atoms with Crippen LogP contribution in [0, 0.1) is 0 Å². The Morgan fingerprint density at radius 3 is 2.64 bits per heavy atom. The van der Waals surface area contributed by atoms with Gasteiger partial charge in [0.25, 0.3) is 0 Å². The van der Waals surface area contributed by atoms with Gasteiger partial charge in [-0.3, -0.25) is 4.98 Å². The van der Waals surface area contributed by atoms with Crippen molar-refractivity contribution >= 4 is 5.76 Å². The largest absolute Gasteiger partial charge is 0.493 e. The molecule has 0 radical (unpaired) electrons. The number of allylic oxidation sites excluding steroid dienone is 2. The molecule has 0 aliphatic heterocycles. The molecule has 1 aliphatic rings. The lowest BCUT2D eigenvalue weighted by molar-refractivity contribution is 0.119. The van der Waals surface area contributed by atoms with Gasteiger partial charge < -0.3 is 20.1 Å². The van der Waals surface area contributed by atoms with E-state index >= 15 is 0 Å². The van der Waals surface area contributed by atoms with Crippen LogP contribution >= 0.6 is 0 Å². The molecule has 2 heterocycles. The van der Waals surface area contributed by atoms with Crippen LogP contribution in [0.4, 0.5) is 0 Å². The summed E-state index contributed by atoms with van der Waals surface area (Å²) in [5.74, 6) is 1.38. The lowest BCUT2D eigenvalue weighted by Gasteiger charge is -2.28. The van der Waals surface area contributed by atoms with E-state index in [1.54, 1.807) is 19.5 Å². The molecule has 0 unspecified atom stereocenters. The second kappa shape index (κ2) is 9.55. The van der Waals surface area contributed by atoms with Crippen LogP contribution in [0.2, 0.25) is 0 Å². The fraction of sp³-hybridized carbons (Fsp3) is 0.455. The minimum Gasteiger partial charge on any atom is -0.493 e. The Hall–Kier alpha value is -2.60. The Morgan fingerprint density at radius 1 is 1.29 bits per heavy atom. The molecule has 0 amide bonds. The molecule has 2 aromatic heterocycles. The van der Waals surface area contributed by atoms with Crippen LogP contribution in [-0.2, 0) is 4.74 Å². The number of methoxy groups -OCH3 is 1. The summed E-state index contributed by atoms with van der Waals surface area (Å²) in [6, 6.07) is 4.26. The molecule has 0 spiro atoms. The van der Waals surface area contributed by atoms with Gasteiger partial charge in [-0.1, -0.05) is 12.5 Å². The number of aliphatic hydroxyl groups excluding tert-OH is 1. The highest BCUT2D eigenvalue weighted by Crippen LogP contribution is 2.24. The van der Waals surface area contributed by atoms with E-state index in [2.05, 4.69) is 34.1 Å². The van der Waals surface area contributed by atoms with Crippen molar-refractivity contribution < 1.29 is 9.84 Å². The van der Waals surface area contributed by atoms with E-state index in [0.717, 1.165) is 49.1 Å². The maximum Gasteiger partial charge on any atom is 0.173 e. The highest BCUT2D eigenvalue weighted by atomic mass is 16.5. The molecular formula is C22H30N4O2. The van der Waals surface area contributed by atoms with Crippen molar-refractivity contribution in [1.29, 1.82) is 0 Å². The average molecular weight is 383 g/mol. The summed E-state index contributed by atoms with van der Waals surface area (Å²) in [4.78, 5) is 11.9.